The van der Waals surface area contributed by atoms with Crippen LogP contribution in [0.1, 0.15) is 78.6 Å². The van der Waals surface area contributed by atoms with Gasteiger partial charge in [0.1, 0.15) is 0 Å². The van der Waals surface area contributed by atoms with Crippen molar-refractivity contribution in [3.63, 3.8) is 0 Å². The molecule has 1 unspecified atom stereocenters. The van der Waals surface area contributed by atoms with Gasteiger partial charge in [-0.25, -0.2) is 0 Å². The van der Waals surface area contributed by atoms with Crippen molar-refractivity contribution in [1.82, 2.24) is 0 Å². The number of rotatable bonds is 5. The van der Waals surface area contributed by atoms with E-state index in [1.165, 1.54) is 0 Å². The number of aliphatic hydroxyl groups is 1. The largest absolute Gasteiger partial charge is 0.481 e. The molecular formula is C23H38O4S. The minimum absolute atomic E-state index is 0.0107. The number of aliphatic carboxylic acids is 1. The molecule has 5 aliphatic carbocycles. The van der Waals surface area contributed by atoms with Gasteiger partial charge in [0.05, 0.1) is 11.5 Å². The Labute approximate surface area is 172 Å². The van der Waals surface area contributed by atoms with E-state index in [9.17, 15) is 19.2 Å². The number of aliphatic hydroxyl groups excluding tert-OH is 1. The van der Waals surface area contributed by atoms with Gasteiger partial charge >= 0.3 is 5.97 Å². The van der Waals surface area contributed by atoms with Crippen LogP contribution in [0, 0.1) is 39.9 Å². The van der Waals surface area contributed by atoms with E-state index in [1.54, 1.807) is 0 Å². The molecule has 5 fully saturated rings. The molecule has 0 saturated heterocycles. The number of fused-ring (bicyclic) bond motifs is 3. The van der Waals surface area contributed by atoms with Crippen LogP contribution in [-0.4, -0.2) is 38.0 Å². The fourth-order valence-electron chi connectivity index (χ4n) is 8.48. The Kier molecular flexibility index (Phi) is 5.27. The fraction of sp³-hybridized carbons (Fsp3) is 0.957. The lowest BCUT2D eigenvalue weighted by molar-refractivity contribution is -0.241. The van der Waals surface area contributed by atoms with E-state index in [1.807, 2.05) is 6.92 Å². The third kappa shape index (κ3) is 2.78. The van der Waals surface area contributed by atoms with Crippen LogP contribution in [0.5, 0.6) is 0 Å². The molecule has 0 aromatic rings. The molecule has 0 amide bonds. The van der Waals surface area contributed by atoms with Crippen LogP contribution in [-0.2, 0) is 15.6 Å². The Morgan fingerprint density at radius 1 is 1.11 bits per heavy atom. The number of carboxylic acids is 1. The molecule has 0 radical (unpaired) electrons. The summed E-state index contributed by atoms with van der Waals surface area (Å²) in [7, 11) is -0.830. The van der Waals surface area contributed by atoms with Crippen molar-refractivity contribution in [1.29, 1.82) is 0 Å². The minimum Gasteiger partial charge on any atom is -0.481 e. The number of hydrogen-bond acceptors (Lipinski definition) is 3. The van der Waals surface area contributed by atoms with Crippen LogP contribution >= 0.6 is 0 Å². The number of carbonyl (C=O) groups is 1. The monoisotopic (exact) mass is 410 g/mol. The number of hydrogen-bond donors (Lipinski definition) is 2. The highest BCUT2D eigenvalue weighted by atomic mass is 32.2. The minimum atomic E-state index is -0.830. The van der Waals surface area contributed by atoms with Gasteiger partial charge in [0, 0.05) is 22.3 Å². The van der Waals surface area contributed by atoms with E-state index in [-0.39, 0.29) is 28.8 Å². The van der Waals surface area contributed by atoms with Crippen molar-refractivity contribution in [3.05, 3.63) is 0 Å². The van der Waals surface area contributed by atoms with Crippen molar-refractivity contribution in [2.75, 3.05) is 11.5 Å². The summed E-state index contributed by atoms with van der Waals surface area (Å²) in [6, 6.07) is 0. The summed E-state index contributed by atoms with van der Waals surface area (Å²) in [5, 5.41) is 21.6. The first kappa shape index (κ1) is 20.8. The zero-order valence-electron chi connectivity index (χ0n) is 17.8. The highest BCUT2D eigenvalue weighted by Crippen LogP contribution is 2.72. The summed E-state index contributed by atoms with van der Waals surface area (Å²) in [6.07, 6.45) is 8.63. The maximum absolute atomic E-state index is 12.5. The first-order chi connectivity index (χ1) is 13.2. The molecule has 2 N–H and O–H groups in total. The Morgan fingerprint density at radius 2 is 1.82 bits per heavy atom. The molecule has 5 rings (SSSR count). The van der Waals surface area contributed by atoms with Crippen molar-refractivity contribution in [2.45, 2.75) is 84.7 Å². The Bertz CT molecular complexity index is 665. The van der Waals surface area contributed by atoms with Crippen LogP contribution in [0.15, 0.2) is 0 Å². The SMILES string of the molecule is CCCS(=O)C[C@H]1[C@H]2CC[C@@]3(CC[C@H]4[C@@](C)(CCC[C@@]4(C)C(=O)O)[C@@H]3C2)[C@@H]1O. The van der Waals surface area contributed by atoms with E-state index in [2.05, 4.69) is 13.8 Å². The third-order valence-corrected chi connectivity index (χ3v) is 11.4. The lowest BCUT2D eigenvalue weighted by Gasteiger charge is -2.69. The first-order valence-electron chi connectivity index (χ1n) is 11.5. The molecule has 2 bridgehead atoms. The van der Waals surface area contributed by atoms with Crippen LogP contribution in [0.25, 0.3) is 0 Å². The number of carboxylic acid groups (broad SMARTS) is 1. The average molecular weight is 411 g/mol. The summed E-state index contributed by atoms with van der Waals surface area (Å²) in [4.78, 5) is 12.2. The maximum Gasteiger partial charge on any atom is 0.309 e. The molecule has 0 aliphatic heterocycles. The highest BCUT2D eigenvalue weighted by molar-refractivity contribution is 7.84. The van der Waals surface area contributed by atoms with Gasteiger partial charge in [-0.1, -0.05) is 20.3 Å². The van der Waals surface area contributed by atoms with E-state index in [4.69, 9.17) is 0 Å². The van der Waals surface area contributed by atoms with E-state index in [0.29, 0.717) is 17.6 Å². The molecule has 5 saturated carbocycles. The second-order valence-corrected chi connectivity index (χ2v) is 12.5. The molecule has 5 heteroatoms. The first-order valence-corrected chi connectivity index (χ1v) is 12.9. The molecule has 9 atom stereocenters. The standard InChI is InChI=1S/C23H38O4S/c1-4-12-28(27)14-16-15-6-10-23(19(16)24)11-7-17-21(2,18(23)13-15)8-5-9-22(17,3)20(25)26/h15-19,24H,4-14H2,1-3H3,(H,25,26)/t15-,16-,17-,18-,19+,21+,22+,23-,28?/m0/s1. The van der Waals surface area contributed by atoms with Gasteiger partial charge in [0.2, 0.25) is 0 Å². The Morgan fingerprint density at radius 3 is 2.50 bits per heavy atom. The van der Waals surface area contributed by atoms with Gasteiger partial charge in [-0.2, -0.15) is 0 Å². The van der Waals surface area contributed by atoms with Crippen molar-refractivity contribution < 1.29 is 19.2 Å². The maximum atomic E-state index is 12.5. The summed E-state index contributed by atoms with van der Waals surface area (Å²) in [5.74, 6) is 2.02. The molecule has 160 valence electrons. The second-order valence-electron chi connectivity index (χ2n) is 10.9. The van der Waals surface area contributed by atoms with Crippen molar-refractivity contribution in [2.24, 2.45) is 39.9 Å². The zero-order valence-corrected chi connectivity index (χ0v) is 18.6. The summed E-state index contributed by atoms with van der Waals surface area (Å²) in [5.41, 5.74) is -0.688. The molecule has 0 aromatic heterocycles. The molecule has 28 heavy (non-hydrogen) atoms. The van der Waals surface area contributed by atoms with Crippen LogP contribution in [0.4, 0.5) is 0 Å². The topological polar surface area (TPSA) is 74.6 Å². The molecule has 1 spiro atoms. The average Bonchev–Trinajstić information content (AvgIpc) is 2.64. The Hall–Kier alpha value is -0.420. The predicted molar refractivity (Wildman–Crippen MR) is 111 cm³/mol. The molecule has 0 aromatic carbocycles. The summed E-state index contributed by atoms with van der Waals surface area (Å²) in [6.45, 7) is 6.39. The summed E-state index contributed by atoms with van der Waals surface area (Å²) >= 11 is 0. The lowest BCUT2D eigenvalue weighted by Crippen LogP contribution is -2.67. The van der Waals surface area contributed by atoms with Gasteiger partial charge in [-0.3, -0.25) is 9.00 Å². The molecule has 4 nitrogen and oxygen atoms in total. The molecule has 0 heterocycles. The van der Waals surface area contributed by atoms with Crippen LogP contribution in [0.3, 0.4) is 0 Å². The lowest BCUT2D eigenvalue weighted by atomic mass is 9.35. The van der Waals surface area contributed by atoms with Gasteiger partial charge in [0.25, 0.3) is 0 Å². The fourth-order valence-corrected chi connectivity index (χ4v) is 9.99. The van der Waals surface area contributed by atoms with Gasteiger partial charge in [-0.15, -0.1) is 0 Å². The van der Waals surface area contributed by atoms with Gasteiger partial charge in [-0.05, 0) is 92.8 Å². The van der Waals surface area contributed by atoms with Crippen LogP contribution < -0.4 is 0 Å². The van der Waals surface area contributed by atoms with Crippen molar-refractivity contribution in [3.8, 4) is 0 Å². The normalized spacial score (nSPS) is 51.2. The third-order valence-electron chi connectivity index (χ3n) is 9.78. The predicted octanol–water partition coefficient (Wildman–Crippen LogP) is 4.23. The quantitative estimate of drug-likeness (QED) is 0.711. The van der Waals surface area contributed by atoms with Crippen LogP contribution in [0.2, 0.25) is 0 Å². The van der Waals surface area contributed by atoms with E-state index >= 15 is 0 Å². The summed E-state index contributed by atoms with van der Waals surface area (Å²) < 4.78 is 12.5. The molecule has 5 aliphatic rings. The molecular weight excluding hydrogens is 372 g/mol. The van der Waals surface area contributed by atoms with Gasteiger partial charge < -0.3 is 10.2 Å². The smallest absolute Gasteiger partial charge is 0.309 e. The van der Waals surface area contributed by atoms with Gasteiger partial charge in [0.15, 0.2) is 0 Å². The van der Waals surface area contributed by atoms with Crippen molar-refractivity contribution >= 4 is 16.8 Å². The van der Waals surface area contributed by atoms with E-state index in [0.717, 1.165) is 63.5 Å². The zero-order chi connectivity index (χ0) is 20.3. The second kappa shape index (κ2) is 7.08. The van der Waals surface area contributed by atoms with E-state index < -0.39 is 22.2 Å². The Balaban J connectivity index is 1.65. The highest BCUT2D eigenvalue weighted by Gasteiger charge is 2.68.